The van der Waals surface area contributed by atoms with Crippen LogP contribution in [0.15, 0.2) is 42.6 Å². The van der Waals surface area contributed by atoms with Crippen molar-refractivity contribution < 1.29 is 4.39 Å². The predicted molar refractivity (Wildman–Crippen MR) is 75.5 cm³/mol. The number of aryl methyl sites for hydroxylation is 1. The highest BCUT2D eigenvalue weighted by Gasteiger charge is 2.20. The molecule has 0 amide bonds. The number of nitrogens with zero attached hydrogens (tertiary/aromatic N) is 1. The molecule has 0 aliphatic carbocycles. The second-order valence-corrected chi connectivity index (χ2v) is 5.43. The van der Waals surface area contributed by atoms with E-state index in [-0.39, 0.29) is 16.6 Å². The van der Waals surface area contributed by atoms with Crippen molar-refractivity contribution in [3.05, 3.63) is 65.2 Å². The number of pyridine rings is 1. The van der Waals surface area contributed by atoms with Crippen molar-refractivity contribution in [1.29, 1.82) is 0 Å². The molecule has 1 aromatic heterocycles. The lowest BCUT2D eigenvalue weighted by molar-refractivity contribution is 0.621. The Morgan fingerprint density at radius 1 is 1.22 bits per heavy atom. The highest BCUT2D eigenvalue weighted by Crippen LogP contribution is 2.38. The first kappa shape index (κ1) is 13.2. The topological polar surface area (TPSA) is 12.9 Å². The van der Waals surface area contributed by atoms with E-state index < -0.39 is 0 Å². The van der Waals surface area contributed by atoms with Gasteiger partial charge in [-0.2, -0.15) is 0 Å². The van der Waals surface area contributed by atoms with Crippen LogP contribution < -0.4 is 0 Å². The number of rotatable bonds is 3. The van der Waals surface area contributed by atoms with E-state index in [9.17, 15) is 4.39 Å². The molecular weight excluding hydrogens is 293 g/mol. The average molecular weight is 308 g/mol. The molecule has 0 spiro atoms. The summed E-state index contributed by atoms with van der Waals surface area (Å²) in [6.07, 6.45) is 1.78. The van der Waals surface area contributed by atoms with Crippen LogP contribution in [0.1, 0.15) is 34.5 Å². The van der Waals surface area contributed by atoms with Crippen LogP contribution >= 0.6 is 15.9 Å². The molecule has 0 saturated carbocycles. The van der Waals surface area contributed by atoms with E-state index in [0.29, 0.717) is 0 Å². The standard InChI is InChI=1S/C15H15BrFN/c1-10-6-7-12(17)9-13(10)15(16)11(2)14-5-3-4-8-18-14/h3-9,11,15H,1-2H3. The van der Waals surface area contributed by atoms with Crippen molar-refractivity contribution in [3.63, 3.8) is 0 Å². The lowest BCUT2D eigenvalue weighted by Gasteiger charge is -2.20. The van der Waals surface area contributed by atoms with Crippen molar-refractivity contribution in [2.24, 2.45) is 0 Å². The van der Waals surface area contributed by atoms with E-state index in [0.717, 1.165) is 16.8 Å². The van der Waals surface area contributed by atoms with Crippen molar-refractivity contribution >= 4 is 15.9 Å². The van der Waals surface area contributed by atoms with Gasteiger partial charge in [0.05, 0.1) is 0 Å². The van der Waals surface area contributed by atoms with E-state index in [4.69, 9.17) is 0 Å². The fourth-order valence-electron chi connectivity index (χ4n) is 1.97. The molecule has 0 fully saturated rings. The third-order valence-corrected chi connectivity index (χ3v) is 4.42. The van der Waals surface area contributed by atoms with Gasteiger partial charge in [0.1, 0.15) is 5.82 Å². The third-order valence-electron chi connectivity index (χ3n) is 3.13. The van der Waals surface area contributed by atoms with E-state index in [1.807, 2.05) is 31.2 Å². The molecule has 2 atom stereocenters. The van der Waals surface area contributed by atoms with Gasteiger partial charge in [0.15, 0.2) is 0 Å². The van der Waals surface area contributed by atoms with Crippen LogP contribution in [0, 0.1) is 12.7 Å². The van der Waals surface area contributed by atoms with Gasteiger partial charge in [0.25, 0.3) is 0 Å². The maximum Gasteiger partial charge on any atom is 0.123 e. The number of benzene rings is 1. The summed E-state index contributed by atoms with van der Waals surface area (Å²) in [5.41, 5.74) is 3.07. The Morgan fingerprint density at radius 2 is 2.00 bits per heavy atom. The van der Waals surface area contributed by atoms with Crippen molar-refractivity contribution in [2.45, 2.75) is 24.6 Å². The van der Waals surface area contributed by atoms with Gasteiger partial charge in [-0.05, 0) is 42.3 Å². The van der Waals surface area contributed by atoms with Crippen LogP contribution in [0.5, 0.6) is 0 Å². The largest absolute Gasteiger partial charge is 0.261 e. The zero-order valence-electron chi connectivity index (χ0n) is 10.4. The second kappa shape index (κ2) is 5.61. The van der Waals surface area contributed by atoms with Crippen LogP contribution in [-0.4, -0.2) is 4.98 Å². The molecule has 1 nitrogen and oxygen atoms in total. The normalized spacial score (nSPS) is 14.2. The lowest BCUT2D eigenvalue weighted by Crippen LogP contribution is -2.05. The fraction of sp³-hybridized carbons (Fsp3) is 0.267. The molecule has 3 heteroatoms. The maximum atomic E-state index is 13.3. The number of hydrogen-bond donors (Lipinski definition) is 0. The van der Waals surface area contributed by atoms with Gasteiger partial charge in [-0.25, -0.2) is 4.39 Å². The molecule has 2 unspecified atom stereocenters. The predicted octanol–water partition coefficient (Wildman–Crippen LogP) is 4.77. The van der Waals surface area contributed by atoms with Crippen LogP contribution in [-0.2, 0) is 0 Å². The van der Waals surface area contributed by atoms with E-state index in [2.05, 4.69) is 27.8 Å². The first-order valence-corrected chi connectivity index (χ1v) is 6.82. The minimum absolute atomic E-state index is 0.0584. The molecule has 0 radical (unpaired) electrons. The van der Waals surface area contributed by atoms with Gasteiger partial charge in [-0.1, -0.05) is 35.0 Å². The highest BCUT2D eigenvalue weighted by atomic mass is 79.9. The lowest BCUT2D eigenvalue weighted by atomic mass is 9.94. The second-order valence-electron chi connectivity index (χ2n) is 4.45. The molecule has 0 aliphatic rings. The first-order chi connectivity index (χ1) is 8.59. The van der Waals surface area contributed by atoms with Gasteiger partial charge >= 0.3 is 0 Å². The average Bonchev–Trinajstić information content (AvgIpc) is 2.41. The smallest absolute Gasteiger partial charge is 0.123 e. The monoisotopic (exact) mass is 307 g/mol. The summed E-state index contributed by atoms with van der Waals surface area (Å²) < 4.78 is 13.3. The van der Waals surface area contributed by atoms with Gasteiger partial charge in [-0.3, -0.25) is 4.98 Å². The summed E-state index contributed by atoms with van der Waals surface area (Å²) in [7, 11) is 0. The van der Waals surface area contributed by atoms with E-state index in [1.54, 1.807) is 12.3 Å². The van der Waals surface area contributed by atoms with Crippen molar-refractivity contribution in [2.75, 3.05) is 0 Å². The van der Waals surface area contributed by atoms with Crippen molar-refractivity contribution in [3.8, 4) is 0 Å². The first-order valence-electron chi connectivity index (χ1n) is 5.90. The van der Waals surface area contributed by atoms with Crippen LogP contribution in [0.25, 0.3) is 0 Å². The number of alkyl halides is 1. The van der Waals surface area contributed by atoms with Crippen molar-refractivity contribution in [1.82, 2.24) is 4.98 Å². The zero-order chi connectivity index (χ0) is 13.1. The fourth-order valence-corrected chi connectivity index (χ4v) is 2.74. The molecule has 2 rings (SSSR count). The van der Waals surface area contributed by atoms with E-state index in [1.165, 1.54) is 6.07 Å². The minimum Gasteiger partial charge on any atom is -0.261 e. The summed E-state index contributed by atoms with van der Waals surface area (Å²) in [4.78, 5) is 4.41. The highest BCUT2D eigenvalue weighted by molar-refractivity contribution is 9.09. The number of halogens is 2. The molecule has 18 heavy (non-hydrogen) atoms. The summed E-state index contributed by atoms with van der Waals surface area (Å²) in [5, 5.41) is 0. The molecule has 0 N–H and O–H groups in total. The molecular formula is C15H15BrFN. The van der Waals surface area contributed by atoms with E-state index >= 15 is 0 Å². The van der Waals surface area contributed by atoms with Gasteiger partial charge in [0.2, 0.25) is 0 Å². The molecule has 94 valence electrons. The zero-order valence-corrected chi connectivity index (χ0v) is 12.0. The SMILES string of the molecule is Cc1ccc(F)cc1C(Br)C(C)c1ccccn1. The van der Waals surface area contributed by atoms with Crippen LogP contribution in [0.4, 0.5) is 4.39 Å². The van der Waals surface area contributed by atoms with Gasteiger partial charge < -0.3 is 0 Å². The molecule has 0 aliphatic heterocycles. The molecule has 1 heterocycles. The Balaban J connectivity index is 2.31. The molecule has 1 aromatic carbocycles. The Kier molecular flexibility index (Phi) is 4.12. The quantitative estimate of drug-likeness (QED) is 0.744. The summed E-state index contributed by atoms with van der Waals surface area (Å²) in [5.74, 6) is -0.0139. The maximum absolute atomic E-state index is 13.3. The summed E-state index contributed by atoms with van der Waals surface area (Å²) in [6.45, 7) is 4.08. The minimum atomic E-state index is -0.201. The summed E-state index contributed by atoms with van der Waals surface area (Å²) in [6, 6.07) is 10.7. The number of aromatic nitrogens is 1. The molecule has 2 aromatic rings. The summed E-state index contributed by atoms with van der Waals surface area (Å²) >= 11 is 3.67. The van der Waals surface area contributed by atoms with Crippen LogP contribution in [0.2, 0.25) is 0 Å². The number of hydrogen-bond acceptors (Lipinski definition) is 1. The van der Waals surface area contributed by atoms with Gasteiger partial charge in [-0.15, -0.1) is 0 Å². The third kappa shape index (κ3) is 2.78. The Bertz CT molecular complexity index is 527. The Hall–Kier alpha value is -1.22. The molecule has 0 bridgehead atoms. The Labute approximate surface area is 115 Å². The Morgan fingerprint density at radius 3 is 2.67 bits per heavy atom. The molecule has 0 saturated heterocycles. The van der Waals surface area contributed by atoms with Gasteiger partial charge in [0, 0.05) is 22.6 Å². The van der Waals surface area contributed by atoms with Crippen LogP contribution in [0.3, 0.4) is 0 Å².